The monoisotopic (exact) mass is 590 g/mol. The van der Waals surface area contributed by atoms with Crippen LogP contribution in [-0.2, 0) is 25.5 Å². The van der Waals surface area contributed by atoms with Crippen molar-refractivity contribution in [2.75, 3.05) is 20.1 Å². The zero-order valence-corrected chi connectivity index (χ0v) is 23.9. The smallest absolute Gasteiger partial charge is 0.335 e. The van der Waals surface area contributed by atoms with E-state index in [0.29, 0.717) is 25.9 Å². The van der Waals surface area contributed by atoms with Gasteiger partial charge in [0, 0.05) is 26.6 Å². The van der Waals surface area contributed by atoms with Crippen LogP contribution in [0.5, 0.6) is 0 Å². The molecule has 2 aliphatic rings. The summed E-state index contributed by atoms with van der Waals surface area (Å²) in [5, 5.41) is 40.1. The maximum absolute atomic E-state index is 14.3. The predicted molar refractivity (Wildman–Crippen MR) is 157 cm³/mol. The first-order valence-corrected chi connectivity index (χ1v) is 14.5. The number of benzene rings is 3. The van der Waals surface area contributed by atoms with Gasteiger partial charge < -0.3 is 34.8 Å². The Morgan fingerprint density at radius 1 is 0.884 bits per heavy atom. The van der Waals surface area contributed by atoms with Gasteiger partial charge in [-0.05, 0) is 23.1 Å². The van der Waals surface area contributed by atoms with Crippen molar-refractivity contribution in [2.45, 2.75) is 61.7 Å². The van der Waals surface area contributed by atoms with Crippen LogP contribution in [0.15, 0.2) is 91.0 Å². The van der Waals surface area contributed by atoms with Gasteiger partial charge in [-0.15, -0.1) is 0 Å². The zero-order valence-electron chi connectivity index (χ0n) is 23.9. The summed E-state index contributed by atoms with van der Waals surface area (Å²) in [5.74, 6) is -2.03. The largest absolute Gasteiger partial charge is 0.479 e. The number of carboxylic acids is 1. The molecule has 10 nitrogen and oxygen atoms in total. The molecule has 0 aromatic heterocycles. The second-order valence-corrected chi connectivity index (χ2v) is 11.2. The van der Waals surface area contributed by atoms with E-state index in [1.54, 1.807) is 4.90 Å². The lowest BCUT2D eigenvalue weighted by atomic mass is 9.89. The molecule has 1 amide bonds. The van der Waals surface area contributed by atoms with Crippen molar-refractivity contribution in [3.05, 3.63) is 108 Å². The van der Waals surface area contributed by atoms with Crippen molar-refractivity contribution >= 4 is 11.9 Å². The second kappa shape index (κ2) is 13.8. The molecule has 5 rings (SSSR count). The standard InChI is InChI=1S/C33H38N2O8/c1-34(31(39)26(22-13-7-3-8-14-22)23-15-9-4-10-16-23)25(19-21-11-5-2-6-12-21)35-18-17-24(20-35)42-33-29(38)27(36)28(37)30(43-33)32(40)41/h2-16,24-30,33,36-38H,17-20H2,1H3,(H,40,41). The number of carbonyl (C=O) groups is 2. The fraction of sp³-hybridized carbons (Fsp3) is 0.394. The lowest BCUT2D eigenvalue weighted by Crippen LogP contribution is -2.61. The maximum atomic E-state index is 14.3. The number of likely N-dealkylation sites (tertiary alicyclic amines) is 1. The highest BCUT2D eigenvalue weighted by Gasteiger charge is 2.48. The summed E-state index contributed by atoms with van der Waals surface area (Å²) in [6, 6.07) is 29.3. The highest BCUT2D eigenvalue weighted by atomic mass is 16.7. The van der Waals surface area contributed by atoms with E-state index in [1.807, 2.05) is 98.0 Å². The van der Waals surface area contributed by atoms with E-state index >= 15 is 0 Å². The number of hydrogen-bond acceptors (Lipinski definition) is 8. The van der Waals surface area contributed by atoms with Gasteiger partial charge in [-0.3, -0.25) is 9.69 Å². The molecule has 0 bridgehead atoms. The summed E-state index contributed by atoms with van der Waals surface area (Å²) in [7, 11) is 1.81. The molecule has 0 aliphatic carbocycles. The molecule has 3 aromatic rings. The molecule has 2 aliphatic heterocycles. The Labute approximate surface area is 250 Å². The summed E-state index contributed by atoms with van der Waals surface area (Å²) >= 11 is 0. The van der Waals surface area contributed by atoms with Gasteiger partial charge >= 0.3 is 5.97 Å². The predicted octanol–water partition coefficient (Wildman–Crippen LogP) is 1.83. The first-order valence-electron chi connectivity index (χ1n) is 14.5. The van der Waals surface area contributed by atoms with Crippen LogP contribution in [0.3, 0.4) is 0 Å². The summed E-state index contributed by atoms with van der Waals surface area (Å²) < 4.78 is 11.3. The van der Waals surface area contributed by atoms with E-state index in [1.165, 1.54) is 0 Å². The van der Waals surface area contributed by atoms with Crippen LogP contribution in [0.25, 0.3) is 0 Å². The molecule has 10 heteroatoms. The summed E-state index contributed by atoms with van der Waals surface area (Å²) in [6.07, 6.45) is -8.05. The molecule has 7 unspecified atom stereocenters. The van der Waals surface area contributed by atoms with Crippen molar-refractivity contribution in [3.63, 3.8) is 0 Å². The molecule has 228 valence electrons. The van der Waals surface area contributed by atoms with Crippen LogP contribution < -0.4 is 0 Å². The number of carboxylic acid groups (broad SMARTS) is 1. The average molecular weight is 591 g/mol. The van der Waals surface area contributed by atoms with Gasteiger partial charge in [-0.2, -0.15) is 0 Å². The molecule has 0 spiro atoms. The van der Waals surface area contributed by atoms with Crippen LogP contribution in [0, 0.1) is 0 Å². The van der Waals surface area contributed by atoms with Gasteiger partial charge in [0.1, 0.15) is 18.3 Å². The number of rotatable bonds is 10. The third kappa shape index (κ3) is 6.96. The van der Waals surface area contributed by atoms with Crippen molar-refractivity contribution < 1.29 is 39.5 Å². The van der Waals surface area contributed by atoms with E-state index in [2.05, 4.69) is 4.90 Å². The van der Waals surface area contributed by atoms with Gasteiger partial charge in [-0.25, -0.2) is 4.79 Å². The van der Waals surface area contributed by atoms with Gasteiger partial charge in [0.25, 0.3) is 0 Å². The Kier molecular flexibility index (Phi) is 9.86. The molecule has 2 saturated heterocycles. The third-order valence-electron chi connectivity index (χ3n) is 8.31. The third-order valence-corrected chi connectivity index (χ3v) is 8.31. The topological polar surface area (TPSA) is 140 Å². The summed E-state index contributed by atoms with van der Waals surface area (Å²) in [5.41, 5.74) is 2.84. The number of carbonyl (C=O) groups excluding carboxylic acids is 1. The Morgan fingerprint density at radius 2 is 1.44 bits per heavy atom. The average Bonchev–Trinajstić information content (AvgIpc) is 3.49. The fourth-order valence-electron chi connectivity index (χ4n) is 5.94. The van der Waals surface area contributed by atoms with Crippen LogP contribution in [-0.4, -0.2) is 105 Å². The first kappa shape index (κ1) is 30.8. The Morgan fingerprint density at radius 3 is 2.00 bits per heavy atom. The molecular formula is C33H38N2O8. The molecular weight excluding hydrogens is 552 g/mol. The number of aliphatic hydroxyl groups is 3. The number of likely N-dealkylation sites (N-methyl/N-ethyl adjacent to an activating group) is 1. The molecule has 0 saturated carbocycles. The van der Waals surface area contributed by atoms with E-state index in [0.717, 1.165) is 16.7 Å². The van der Waals surface area contributed by atoms with E-state index in [4.69, 9.17) is 9.47 Å². The van der Waals surface area contributed by atoms with Crippen molar-refractivity contribution in [1.82, 2.24) is 9.80 Å². The van der Waals surface area contributed by atoms with Crippen molar-refractivity contribution in [1.29, 1.82) is 0 Å². The van der Waals surface area contributed by atoms with Crippen LogP contribution in [0.1, 0.15) is 29.0 Å². The lowest BCUT2D eigenvalue weighted by molar-refractivity contribution is -0.303. The first-order chi connectivity index (χ1) is 20.7. The Hall–Kier alpha value is -3.64. The number of aliphatic hydroxyl groups excluding tert-OH is 3. The minimum atomic E-state index is -1.79. The van der Waals surface area contributed by atoms with Gasteiger partial charge in [0.2, 0.25) is 5.91 Å². The van der Waals surface area contributed by atoms with E-state index in [9.17, 15) is 30.0 Å². The van der Waals surface area contributed by atoms with Crippen LogP contribution in [0.2, 0.25) is 0 Å². The maximum Gasteiger partial charge on any atom is 0.335 e. The Bertz CT molecular complexity index is 1310. The number of hydrogen-bond donors (Lipinski definition) is 4. The molecule has 2 heterocycles. The zero-order chi connectivity index (χ0) is 30.5. The lowest BCUT2D eigenvalue weighted by Gasteiger charge is -2.40. The minimum Gasteiger partial charge on any atom is -0.479 e. The summed E-state index contributed by atoms with van der Waals surface area (Å²) in [4.78, 5) is 29.8. The van der Waals surface area contributed by atoms with Crippen LogP contribution in [0.4, 0.5) is 0 Å². The molecule has 3 aromatic carbocycles. The number of amides is 1. The van der Waals surface area contributed by atoms with Crippen molar-refractivity contribution in [3.8, 4) is 0 Å². The van der Waals surface area contributed by atoms with Gasteiger partial charge in [0.05, 0.1) is 18.2 Å². The second-order valence-electron chi connectivity index (χ2n) is 11.2. The minimum absolute atomic E-state index is 0.0601. The number of aliphatic carboxylic acids is 1. The van der Waals surface area contributed by atoms with E-state index in [-0.39, 0.29) is 12.1 Å². The SMILES string of the molecule is CN(C(=O)C(c1ccccc1)c1ccccc1)C(Cc1ccccc1)N1CCC(OC2OC(C(=O)O)C(O)C(O)C2O)C1. The molecule has 43 heavy (non-hydrogen) atoms. The molecule has 4 N–H and O–H groups in total. The molecule has 2 fully saturated rings. The molecule has 7 atom stereocenters. The van der Waals surface area contributed by atoms with Crippen LogP contribution >= 0.6 is 0 Å². The van der Waals surface area contributed by atoms with Crippen molar-refractivity contribution in [2.24, 2.45) is 0 Å². The number of ether oxygens (including phenoxy) is 2. The van der Waals surface area contributed by atoms with Gasteiger partial charge in [0.15, 0.2) is 12.4 Å². The normalized spacial score (nSPS) is 26.7. The highest BCUT2D eigenvalue weighted by Crippen LogP contribution is 2.31. The number of nitrogens with zero attached hydrogens (tertiary/aromatic N) is 2. The molecule has 0 radical (unpaired) electrons. The quantitative estimate of drug-likeness (QED) is 0.278. The van der Waals surface area contributed by atoms with E-state index < -0.39 is 48.7 Å². The van der Waals surface area contributed by atoms with Gasteiger partial charge in [-0.1, -0.05) is 91.0 Å². The fourth-order valence-corrected chi connectivity index (χ4v) is 5.94. The summed E-state index contributed by atoms with van der Waals surface area (Å²) in [6.45, 7) is 0.941. The Balaban J connectivity index is 1.37. The highest BCUT2D eigenvalue weighted by molar-refractivity contribution is 5.87.